The van der Waals surface area contributed by atoms with E-state index in [4.69, 9.17) is 5.73 Å². The third-order valence-corrected chi connectivity index (χ3v) is 3.99. The van der Waals surface area contributed by atoms with Crippen LogP contribution in [0.25, 0.3) is 0 Å². The molecule has 1 heterocycles. The summed E-state index contributed by atoms with van der Waals surface area (Å²) >= 11 is 0. The zero-order valence-electron chi connectivity index (χ0n) is 12.7. The molecule has 1 saturated heterocycles. The summed E-state index contributed by atoms with van der Waals surface area (Å²) in [5.41, 5.74) is 8.12. The number of nitrogen functional groups attached to an aromatic ring is 1. The Morgan fingerprint density at radius 1 is 1.33 bits per heavy atom. The van der Waals surface area contributed by atoms with E-state index in [1.165, 1.54) is 0 Å². The number of nitrogens with one attached hydrogen (secondary N) is 1. The molecule has 1 aromatic carbocycles. The van der Waals surface area contributed by atoms with Crippen LogP contribution < -0.4 is 11.1 Å². The predicted octanol–water partition coefficient (Wildman–Crippen LogP) is 1.71. The first-order valence-corrected chi connectivity index (χ1v) is 7.46. The van der Waals surface area contributed by atoms with E-state index in [-0.39, 0.29) is 17.9 Å². The number of amides is 2. The average molecular weight is 289 g/mol. The van der Waals surface area contributed by atoms with Crippen LogP contribution in [0.15, 0.2) is 18.2 Å². The molecule has 2 amide bonds. The lowest BCUT2D eigenvalue weighted by Crippen LogP contribution is -2.46. The van der Waals surface area contributed by atoms with E-state index in [0.717, 1.165) is 18.4 Å². The number of piperidine rings is 1. The number of nitrogens with zero attached hydrogens (tertiary/aromatic N) is 1. The number of hydrogen-bond donors (Lipinski definition) is 2. The molecule has 3 N–H and O–H groups in total. The summed E-state index contributed by atoms with van der Waals surface area (Å²) < 4.78 is 0. The summed E-state index contributed by atoms with van der Waals surface area (Å²) in [6.45, 7) is 5.10. The lowest BCUT2D eigenvalue weighted by molar-refractivity contribution is -0.121. The van der Waals surface area contributed by atoms with Gasteiger partial charge in [-0.15, -0.1) is 0 Å². The van der Waals surface area contributed by atoms with E-state index in [1.807, 2.05) is 30.9 Å². The first-order chi connectivity index (χ1) is 10.0. The molecule has 0 unspecified atom stereocenters. The highest BCUT2D eigenvalue weighted by atomic mass is 16.2. The SMILES string of the molecule is CCC(=O)NC1CCN(C(=O)c2ccc(C)c(N)c2)CC1. The van der Waals surface area contributed by atoms with Gasteiger partial charge in [0.2, 0.25) is 5.91 Å². The summed E-state index contributed by atoms with van der Waals surface area (Å²) in [7, 11) is 0. The summed E-state index contributed by atoms with van der Waals surface area (Å²) in [6, 6.07) is 5.61. The maximum atomic E-state index is 12.4. The normalized spacial score (nSPS) is 15.8. The Balaban J connectivity index is 1.93. The maximum absolute atomic E-state index is 12.4. The fourth-order valence-corrected chi connectivity index (χ4v) is 2.51. The van der Waals surface area contributed by atoms with Gasteiger partial charge < -0.3 is 16.0 Å². The van der Waals surface area contributed by atoms with Crippen molar-refractivity contribution in [3.8, 4) is 0 Å². The number of benzene rings is 1. The molecule has 1 aliphatic heterocycles. The Hall–Kier alpha value is -2.04. The zero-order chi connectivity index (χ0) is 15.4. The Kier molecular flexibility index (Phi) is 4.83. The molecule has 1 fully saturated rings. The van der Waals surface area contributed by atoms with Gasteiger partial charge in [0.15, 0.2) is 0 Å². The summed E-state index contributed by atoms with van der Waals surface area (Å²) in [5, 5.41) is 2.99. The van der Waals surface area contributed by atoms with Crippen LogP contribution in [0.5, 0.6) is 0 Å². The van der Waals surface area contributed by atoms with Gasteiger partial charge in [0.1, 0.15) is 0 Å². The van der Waals surface area contributed by atoms with Crippen molar-refractivity contribution < 1.29 is 9.59 Å². The first kappa shape index (κ1) is 15.4. The van der Waals surface area contributed by atoms with Gasteiger partial charge >= 0.3 is 0 Å². The number of rotatable bonds is 3. The van der Waals surface area contributed by atoms with Crippen LogP contribution in [0, 0.1) is 6.92 Å². The van der Waals surface area contributed by atoms with Crippen LogP contribution in [-0.2, 0) is 4.79 Å². The van der Waals surface area contributed by atoms with Gasteiger partial charge in [0.05, 0.1) is 0 Å². The van der Waals surface area contributed by atoms with E-state index >= 15 is 0 Å². The van der Waals surface area contributed by atoms with Crippen molar-refractivity contribution in [2.24, 2.45) is 0 Å². The molecule has 0 spiro atoms. The van der Waals surface area contributed by atoms with Crippen LogP contribution in [-0.4, -0.2) is 35.8 Å². The van der Waals surface area contributed by atoms with Gasteiger partial charge in [-0.3, -0.25) is 9.59 Å². The van der Waals surface area contributed by atoms with Crippen LogP contribution in [0.3, 0.4) is 0 Å². The Labute approximate surface area is 125 Å². The van der Waals surface area contributed by atoms with Crippen molar-refractivity contribution >= 4 is 17.5 Å². The van der Waals surface area contributed by atoms with E-state index in [0.29, 0.717) is 30.8 Å². The van der Waals surface area contributed by atoms with Gasteiger partial charge in [0.25, 0.3) is 5.91 Å². The molecule has 1 aromatic rings. The van der Waals surface area contributed by atoms with Crippen molar-refractivity contribution in [3.05, 3.63) is 29.3 Å². The first-order valence-electron chi connectivity index (χ1n) is 7.46. The summed E-state index contributed by atoms with van der Waals surface area (Å²) in [5.74, 6) is 0.0908. The van der Waals surface area contributed by atoms with Crippen molar-refractivity contribution in [1.29, 1.82) is 0 Å². The van der Waals surface area contributed by atoms with E-state index in [1.54, 1.807) is 6.07 Å². The number of carbonyl (C=O) groups is 2. The molecular formula is C16H23N3O2. The molecule has 5 heteroatoms. The van der Waals surface area contributed by atoms with Crippen molar-refractivity contribution in [3.63, 3.8) is 0 Å². The molecule has 2 rings (SSSR count). The van der Waals surface area contributed by atoms with Crippen LogP contribution in [0.2, 0.25) is 0 Å². The number of nitrogens with two attached hydrogens (primary N) is 1. The second kappa shape index (κ2) is 6.61. The molecular weight excluding hydrogens is 266 g/mol. The Bertz CT molecular complexity index is 534. The molecule has 0 bridgehead atoms. The average Bonchev–Trinajstić information content (AvgIpc) is 2.50. The fraction of sp³-hybridized carbons (Fsp3) is 0.500. The smallest absolute Gasteiger partial charge is 0.253 e. The lowest BCUT2D eigenvalue weighted by Gasteiger charge is -2.32. The molecule has 0 radical (unpaired) electrons. The molecule has 0 aliphatic carbocycles. The van der Waals surface area contributed by atoms with Crippen molar-refractivity contribution in [1.82, 2.24) is 10.2 Å². The molecule has 0 aromatic heterocycles. The van der Waals surface area contributed by atoms with Gasteiger partial charge in [-0.05, 0) is 37.5 Å². The number of likely N-dealkylation sites (tertiary alicyclic amines) is 1. The van der Waals surface area contributed by atoms with Gasteiger partial charge in [-0.1, -0.05) is 13.0 Å². The molecule has 0 atom stereocenters. The largest absolute Gasteiger partial charge is 0.398 e. The van der Waals surface area contributed by atoms with Gasteiger partial charge in [-0.25, -0.2) is 0 Å². The topological polar surface area (TPSA) is 75.4 Å². The Morgan fingerprint density at radius 3 is 2.57 bits per heavy atom. The quantitative estimate of drug-likeness (QED) is 0.832. The molecule has 0 saturated carbocycles. The van der Waals surface area contributed by atoms with Crippen LogP contribution in [0.1, 0.15) is 42.1 Å². The third-order valence-electron chi connectivity index (χ3n) is 3.99. The highest BCUT2D eigenvalue weighted by Gasteiger charge is 2.24. The highest BCUT2D eigenvalue weighted by molar-refractivity contribution is 5.95. The minimum Gasteiger partial charge on any atom is -0.398 e. The second-order valence-corrected chi connectivity index (χ2v) is 5.56. The van der Waals surface area contributed by atoms with Crippen molar-refractivity contribution in [2.45, 2.75) is 39.2 Å². The second-order valence-electron chi connectivity index (χ2n) is 5.56. The zero-order valence-corrected chi connectivity index (χ0v) is 12.7. The molecule has 5 nitrogen and oxygen atoms in total. The minimum absolute atomic E-state index is 0.0157. The number of carbonyl (C=O) groups excluding carboxylic acids is 2. The maximum Gasteiger partial charge on any atom is 0.253 e. The monoisotopic (exact) mass is 289 g/mol. The van der Waals surface area contributed by atoms with Gasteiger partial charge in [-0.2, -0.15) is 0 Å². The lowest BCUT2D eigenvalue weighted by atomic mass is 10.0. The van der Waals surface area contributed by atoms with Crippen molar-refractivity contribution in [2.75, 3.05) is 18.8 Å². The van der Waals surface area contributed by atoms with E-state index < -0.39 is 0 Å². The third kappa shape index (κ3) is 3.74. The highest BCUT2D eigenvalue weighted by Crippen LogP contribution is 2.18. The summed E-state index contributed by atoms with van der Waals surface area (Å²) in [4.78, 5) is 25.6. The predicted molar refractivity (Wildman–Crippen MR) is 83.0 cm³/mol. The minimum atomic E-state index is 0.0157. The number of anilines is 1. The van der Waals surface area contributed by atoms with Crippen LogP contribution in [0.4, 0.5) is 5.69 Å². The van der Waals surface area contributed by atoms with Crippen LogP contribution >= 0.6 is 0 Å². The van der Waals surface area contributed by atoms with E-state index in [9.17, 15) is 9.59 Å². The fourth-order valence-electron chi connectivity index (χ4n) is 2.51. The standard InChI is InChI=1S/C16H23N3O2/c1-3-15(20)18-13-6-8-19(9-7-13)16(21)12-5-4-11(2)14(17)10-12/h4-5,10,13H,3,6-9,17H2,1-2H3,(H,18,20). The van der Waals surface area contributed by atoms with Gasteiger partial charge in [0, 0.05) is 36.8 Å². The van der Waals surface area contributed by atoms with E-state index in [2.05, 4.69) is 5.32 Å². The number of aryl methyl sites for hydroxylation is 1. The number of hydrogen-bond acceptors (Lipinski definition) is 3. The molecule has 1 aliphatic rings. The summed E-state index contributed by atoms with van der Waals surface area (Å²) in [6.07, 6.45) is 2.11. The molecule has 21 heavy (non-hydrogen) atoms. The molecule has 114 valence electrons. The Morgan fingerprint density at radius 2 is 2.00 bits per heavy atom.